The minimum absolute atomic E-state index is 0.0439. The summed E-state index contributed by atoms with van der Waals surface area (Å²) in [5.74, 6) is -0.714. The average molecular weight is 258 g/mol. The van der Waals surface area contributed by atoms with Gasteiger partial charge in [0.05, 0.1) is 4.92 Å². The van der Waals surface area contributed by atoms with Crippen molar-refractivity contribution in [3.63, 3.8) is 0 Å². The van der Waals surface area contributed by atoms with Gasteiger partial charge < -0.3 is 5.11 Å². The van der Waals surface area contributed by atoms with E-state index in [0.717, 1.165) is 11.3 Å². The van der Waals surface area contributed by atoms with Gasteiger partial charge in [-0.3, -0.25) is 20.2 Å². The lowest BCUT2D eigenvalue weighted by Gasteiger charge is -2.14. The van der Waals surface area contributed by atoms with Crippen LogP contribution in [0.2, 0.25) is 0 Å². The van der Waals surface area contributed by atoms with Gasteiger partial charge >= 0.3 is 11.0 Å². The molecule has 0 saturated carbocycles. The van der Waals surface area contributed by atoms with Crippen molar-refractivity contribution in [3.05, 3.63) is 27.1 Å². The number of nitro groups is 1. The van der Waals surface area contributed by atoms with E-state index in [1.54, 1.807) is 0 Å². The third kappa shape index (κ3) is 3.79. The van der Waals surface area contributed by atoms with Crippen LogP contribution < -0.4 is 5.32 Å². The summed E-state index contributed by atoms with van der Waals surface area (Å²) in [4.78, 5) is 21.5. The van der Waals surface area contributed by atoms with Crippen LogP contribution in [0.1, 0.15) is 24.8 Å². The van der Waals surface area contributed by atoms with E-state index in [-0.39, 0.29) is 5.00 Å². The van der Waals surface area contributed by atoms with E-state index in [0.29, 0.717) is 17.3 Å². The molecule has 0 saturated heterocycles. The fraction of sp³-hybridized carbons (Fsp3) is 0.500. The monoisotopic (exact) mass is 258 g/mol. The lowest BCUT2D eigenvalue weighted by molar-refractivity contribution is -0.380. The van der Waals surface area contributed by atoms with Crippen LogP contribution in [0.5, 0.6) is 0 Å². The molecule has 1 aromatic heterocycles. The van der Waals surface area contributed by atoms with Gasteiger partial charge in [0, 0.05) is 10.9 Å². The molecule has 0 aliphatic rings. The van der Waals surface area contributed by atoms with Crippen molar-refractivity contribution in [2.45, 2.75) is 19.9 Å². The molecule has 1 unspecified atom stereocenters. The Balaban J connectivity index is 2.82. The van der Waals surface area contributed by atoms with Gasteiger partial charge in [0.25, 0.3) is 0 Å². The molecule has 0 aliphatic carbocycles. The summed E-state index contributed by atoms with van der Waals surface area (Å²) >= 11 is 0.887. The van der Waals surface area contributed by atoms with Crippen LogP contribution in [-0.4, -0.2) is 22.5 Å². The number of carboxylic acid groups (broad SMARTS) is 1. The third-order valence-electron chi connectivity index (χ3n) is 2.05. The Hall–Kier alpha value is -1.47. The first-order valence-corrected chi connectivity index (χ1v) is 5.93. The summed E-state index contributed by atoms with van der Waals surface area (Å²) in [7, 11) is 0. The number of aliphatic carboxylic acids is 1. The third-order valence-corrected chi connectivity index (χ3v) is 3.16. The summed E-state index contributed by atoms with van der Waals surface area (Å²) in [6, 6.07) is 1.93. The molecule has 6 nitrogen and oxygen atoms in total. The summed E-state index contributed by atoms with van der Waals surface area (Å²) in [5.41, 5.74) is 0. The van der Waals surface area contributed by atoms with Gasteiger partial charge in [-0.25, -0.2) is 0 Å². The molecule has 1 rings (SSSR count). The fourth-order valence-electron chi connectivity index (χ4n) is 1.26. The molecule has 94 valence electrons. The first kappa shape index (κ1) is 13.6. The van der Waals surface area contributed by atoms with Crippen molar-refractivity contribution >= 4 is 22.3 Å². The second-order valence-electron chi connectivity index (χ2n) is 4.01. The van der Waals surface area contributed by atoms with E-state index < -0.39 is 16.9 Å². The fourth-order valence-corrected chi connectivity index (χ4v) is 2.15. The number of thiophene rings is 1. The number of nitrogens with one attached hydrogen (secondary N) is 1. The molecule has 0 amide bonds. The van der Waals surface area contributed by atoms with E-state index in [1.807, 2.05) is 13.8 Å². The Kier molecular flexibility index (Phi) is 4.59. The van der Waals surface area contributed by atoms with Crippen LogP contribution in [0.4, 0.5) is 5.00 Å². The van der Waals surface area contributed by atoms with Gasteiger partial charge in [0.15, 0.2) is 0 Å². The molecule has 0 aliphatic heterocycles. The minimum atomic E-state index is -1.03. The maximum absolute atomic E-state index is 11.1. The van der Waals surface area contributed by atoms with Crippen LogP contribution in [0.3, 0.4) is 0 Å². The SMILES string of the molecule is CC(C)CNC(C(=O)O)c1ccc([N+](=O)[O-])s1. The number of carboxylic acids is 1. The highest BCUT2D eigenvalue weighted by Gasteiger charge is 2.23. The van der Waals surface area contributed by atoms with E-state index in [4.69, 9.17) is 5.11 Å². The van der Waals surface area contributed by atoms with Gasteiger partial charge in [-0.1, -0.05) is 25.2 Å². The molecule has 1 atom stereocenters. The quantitative estimate of drug-likeness (QED) is 0.601. The summed E-state index contributed by atoms with van der Waals surface area (Å²) < 4.78 is 0. The standard InChI is InChI=1S/C10H14N2O4S/c1-6(2)5-11-9(10(13)14)7-3-4-8(17-7)12(15)16/h3-4,6,9,11H,5H2,1-2H3,(H,13,14). The Morgan fingerprint density at radius 3 is 2.65 bits per heavy atom. The molecule has 0 spiro atoms. The molecule has 0 aromatic carbocycles. The van der Waals surface area contributed by atoms with Gasteiger partial charge in [-0.05, 0) is 18.5 Å². The smallest absolute Gasteiger partial charge is 0.326 e. The summed E-state index contributed by atoms with van der Waals surface area (Å²) in [5, 5.41) is 22.4. The molecule has 0 bridgehead atoms. The predicted octanol–water partition coefficient (Wildman–Crippen LogP) is 2.03. The van der Waals surface area contributed by atoms with Crippen molar-refractivity contribution in [3.8, 4) is 0 Å². The van der Waals surface area contributed by atoms with Gasteiger partial charge in [0.2, 0.25) is 0 Å². The first-order chi connectivity index (χ1) is 7.91. The van der Waals surface area contributed by atoms with Gasteiger partial charge in [-0.15, -0.1) is 0 Å². The van der Waals surface area contributed by atoms with Crippen molar-refractivity contribution < 1.29 is 14.8 Å². The van der Waals surface area contributed by atoms with Crippen LogP contribution >= 0.6 is 11.3 Å². The number of carbonyl (C=O) groups is 1. The maximum Gasteiger partial charge on any atom is 0.326 e. The largest absolute Gasteiger partial charge is 0.480 e. The maximum atomic E-state index is 11.1. The lowest BCUT2D eigenvalue weighted by atomic mass is 10.2. The highest BCUT2D eigenvalue weighted by molar-refractivity contribution is 7.15. The van der Waals surface area contributed by atoms with E-state index in [1.165, 1.54) is 12.1 Å². The van der Waals surface area contributed by atoms with E-state index >= 15 is 0 Å². The highest BCUT2D eigenvalue weighted by atomic mass is 32.1. The van der Waals surface area contributed by atoms with Crippen LogP contribution in [-0.2, 0) is 4.79 Å². The molecular formula is C10H14N2O4S. The highest BCUT2D eigenvalue weighted by Crippen LogP contribution is 2.29. The second-order valence-corrected chi connectivity index (χ2v) is 5.10. The topological polar surface area (TPSA) is 92.5 Å². The molecule has 0 fully saturated rings. The zero-order chi connectivity index (χ0) is 13.0. The zero-order valence-electron chi connectivity index (χ0n) is 9.54. The average Bonchev–Trinajstić information content (AvgIpc) is 2.66. The van der Waals surface area contributed by atoms with Crippen LogP contribution in [0.15, 0.2) is 12.1 Å². The van der Waals surface area contributed by atoms with Gasteiger partial charge in [0.1, 0.15) is 6.04 Å². The van der Waals surface area contributed by atoms with E-state index in [9.17, 15) is 14.9 Å². The minimum Gasteiger partial charge on any atom is -0.480 e. The van der Waals surface area contributed by atoms with Crippen molar-refractivity contribution in [2.24, 2.45) is 5.92 Å². The number of rotatable bonds is 6. The van der Waals surface area contributed by atoms with Crippen LogP contribution in [0, 0.1) is 16.0 Å². The van der Waals surface area contributed by atoms with Crippen molar-refractivity contribution in [2.75, 3.05) is 6.54 Å². The van der Waals surface area contributed by atoms with Gasteiger partial charge in [-0.2, -0.15) is 0 Å². The molecule has 1 heterocycles. The molecule has 17 heavy (non-hydrogen) atoms. The Morgan fingerprint density at radius 1 is 1.59 bits per heavy atom. The molecular weight excluding hydrogens is 244 g/mol. The Morgan fingerprint density at radius 2 is 2.24 bits per heavy atom. The normalized spacial score (nSPS) is 12.6. The molecule has 2 N–H and O–H groups in total. The molecule has 0 radical (unpaired) electrons. The zero-order valence-corrected chi connectivity index (χ0v) is 10.4. The number of hydrogen-bond acceptors (Lipinski definition) is 5. The second kappa shape index (κ2) is 5.74. The van der Waals surface area contributed by atoms with E-state index in [2.05, 4.69) is 5.32 Å². The summed E-state index contributed by atoms with van der Waals surface area (Å²) in [6.45, 7) is 4.47. The molecule has 1 aromatic rings. The Bertz CT molecular complexity index is 416. The number of nitrogens with zero attached hydrogens (tertiary/aromatic N) is 1. The van der Waals surface area contributed by atoms with Crippen molar-refractivity contribution in [1.82, 2.24) is 5.32 Å². The number of hydrogen-bond donors (Lipinski definition) is 2. The van der Waals surface area contributed by atoms with Crippen molar-refractivity contribution in [1.29, 1.82) is 0 Å². The lowest BCUT2D eigenvalue weighted by Crippen LogP contribution is -2.30. The molecule has 7 heteroatoms. The Labute approximate surface area is 102 Å². The summed E-state index contributed by atoms with van der Waals surface area (Å²) in [6.07, 6.45) is 0. The van der Waals surface area contributed by atoms with Crippen LogP contribution in [0.25, 0.3) is 0 Å². The first-order valence-electron chi connectivity index (χ1n) is 5.12. The predicted molar refractivity (Wildman–Crippen MR) is 64.2 cm³/mol.